The normalized spacial score (nSPS) is 23.5. The van der Waals surface area contributed by atoms with Crippen LogP contribution in [0.1, 0.15) is 37.3 Å². The van der Waals surface area contributed by atoms with Crippen molar-refractivity contribution in [2.75, 3.05) is 27.2 Å². The Bertz CT molecular complexity index is 679. The Morgan fingerprint density at radius 3 is 2.44 bits per heavy atom. The average molecular weight is 372 g/mol. The van der Waals surface area contributed by atoms with Crippen molar-refractivity contribution in [2.45, 2.75) is 43.9 Å². The maximum Gasteiger partial charge on any atom is 0.247 e. The SMILES string of the molecule is CN(C)[C@@H](C(=O)N1CCC[C@@H]1C(=O)N1CCCC1NC=O)c1ccccc1. The maximum absolute atomic E-state index is 13.4. The van der Waals surface area contributed by atoms with E-state index in [1.165, 1.54) is 0 Å². The molecule has 3 atom stereocenters. The van der Waals surface area contributed by atoms with Crippen molar-refractivity contribution in [3.05, 3.63) is 35.9 Å². The van der Waals surface area contributed by atoms with Gasteiger partial charge in [0.15, 0.2) is 0 Å². The minimum Gasteiger partial charge on any atom is -0.338 e. The number of nitrogens with one attached hydrogen (secondary N) is 1. The minimum absolute atomic E-state index is 0.0406. The molecule has 0 bridgehead atoms. The number of rotatable bonds is 6. The standard InChI is InChI=1S/C20H28N4O3/c1-22(2)18(15-8-4-3-5-9-15)20(27)23-12-6-10-16(23)19(26)24-13-7-11-17(24)21-14-25/h3-5,8-9,14,16-18H,6-7,10-13H2,1-2H3,(H,21,25)/t16-,17?,18-/m1/s1. The van der Waals surface area contributed by atoms with E-state index >= 15 is 0 Å². The van der Waals surface area contributed by atoms with Gasteiger partial charge in [-0.3, -0.25) is 19.3 Å². The van der Waals surface area contributed by atoms with Crippen molar-refractivity contribution in [3.63, 3.8) is 0 Å². The van der Waals surface area contributed by atoms with Gasteiger partial charge in [-0.15, -0.1) is 0 Å². The van der Waals surface area contributed by atoms with Crippen LogP contribution in [0, 0.1) is 0 Å². The predicted octanol–water partition coefficient (Wildman–Crippen LogP) is 0.975. The van der Waals surface area contributed by atoms with Gasteiger partial charge < -0.3 is 15.1 Å². The topological polar surface area (TPSA) is 73.0 Å². The summed E-state index contributed by atoms with van der Waals surface area (Å²) in [6.45, 7) is 1.21. The summed E-state index contributed by atoms with van der Waals surface area (Å²) >= 11 is 0. The van der Waals surface area contributed by atoms with E-state index in [-0.39, 0.29) is 18.0 Å². The molecule has 27 heavy (non-hydrogen) atoms. The Labute approximate surface area is 160 Å². The van der Waals surface area contributed by atoms with Crippen molar-refractivity contribution in [3.8, 4) is 0 Å². The first-order valence-electron chi connectivity index (χ1n) is 9.56. The van der Waals surface area contributed by atoms with Crippen LogP contribution in [0.3, 0.4) is 0 Å². The Morgan fingerprint density at radius 2 is 1.78 bits per heavy atom. The van der Waals surface area contributed by atoms with Gasteiger partial charge in [0.05, 0.1) is 0 Å². The molecule has 2 heterocycles. The van der Waals surface area contributed by atoms with Gasteiger partial charge in [-0.05, 0) is 45.3 Å². The first-order chi connectivity index (χ1) is 13.0. The van der Waals surface area contributed by atoms with E-state index in [9.17, 15) is 14.4 Å². The summed E-state index contributed by atoms with van der Waals surface area (Å²) in [5.41, 5.74) is 0.923. The first-order valence-corrected chi connectivity index (χ1v) is 9.56. The molecule has 2 saturated heterocycles. The Morgan fingerprint density at radius 1 is 1.11 bits per heavy atom. The van der Waals surface area contributed by atoms with Crippen molar-refractivity contribution in [1.29, 1.82) is 0 Å². The number of hydrogen-bond acceptors (Lipinski definition) is 4. The molecule has 2 fully saturated rings. The van der Waals surface area contributed by atoms with Gasteiger partial charge in [0.1, 0.15) is 18.2 Å². The molecular weight excluding hydrogens is 344 g/mol. The lowest BCUT2D eigenvalue weighted by Gasteiger charge is -2.34. The second-order valence-electron chi connectivity index (χ2n) is 7.44. The zero-order chi connectivity index (χ0) is 19.4. The third-order valence-corrected chi connectivity index (χ3v) is 5.48. The molecule has 3 amide bonds. The van der Waals surface area contributed by atoms with Crippen LogP contribution < -0.4 is 5.32 Å². The van der Waals surface area contributed by atoms with Crippen molar-refractivity contribution in [1.82, 2.24) is 20.0 Å². The summed E-state index contributed by atoms with van der Waals surface area (Å²) < 4.78 is 0. The predicted molar refractivity (Wildman–Crippen MR) is 102 cm³/mol. The lowest BCUT2D eigenvalue weighted by molar-refractivity contribution is -0.147. The van der Waals surface area contributed by atoms with E-state index in [2.05, 4.69) is 5.32 Å². The fourth-order valence-corrected chi connectivity index (χ4v) is 4.21. The highest BCUT2D eigenvalue weighted by Gasteiger charge is 2.42. The second-order valence-corrected chi connectivity index (χ2v) is 7.44. The smallest absolute Gasteiger partial charge is 0.247 e. The van der Waals surface area contributed by atoms with Crippen LogP contribution in [0.5, 0.6) is 0 Å². The van der Waals surface area contributed by atoms with Crippen LogP contribution in [-0.2, 0) is 14.4 Å². The maximum atomic E-state index is 13.4. The Hall–Kier alpha value is -2.41. The van der Waals surface area contributed by atoms with E-state index in [1.54, 1.807) is 9.80 Å². The number of carbonyl (C=O) groups is 3. The number of amides is 3. The van der Waals surface area contributed by atoms with Crippen LogP contribution in [0.2, 0.25) is 0 Å². The van der Waals surface area contributed by atoms with Crippen molar-refractivity contribution in [2.24, 2.45) is 0 Å². The van der Waals surface area contributed by atoms with Gasteiger partial charge in [0, 0.05) is 13.1 Å². The summed E-state index contributed by atoms with van der Waals surface area (Å²) in [5, 5.41) is 2.72. The fraction of sp³-hybridized carbons (Fsp3) is 0.550. The van der Waals surface area contributed by atoms with E-state index in [1.807, 2.05) is 49.3 Å². The van der Waals surface area contributed by atoms with Gasteiger partial charge in [-0.25, -0.2) is 0 Å². The molecule has 0 radical (unpaired) electrons. The molecule has 1 aromatic rings. The van der Waals surface area contributed by atoms with Crippen LogP contribution in [0.25, 0.3) is 0 Å². The van der Waals surface area contributed by atoms with Crippen molar-refractivity contribution < 1.29 is 14.4 Å². The summed E-state index contributed by atoms with van der Waals surface area (Å²) in [7, 11) is 3.76. The van der Waals surface area contributed by atoms with Crippen molar-refractivity contribution >= 4 is 18.2 Å². The van der Waals surface area contributed by atoms with Gasteiger partial charge >= 0.3 is 0 Å². The zero-order valence-corrected chi connectivity index (χ0v) is 16.0. The van der Waals surface area contributed by atoms with Crippen LogP contribution in [0.4, 0.5) is 0 Å². The van der Waals surface area contributed by atoms with E-state index in [0.29, 0.717) is 25.9 Å². The zero-order valence-electron chi connectivity index (χ0n) is 16.0. The largest absolute Gasteiger partial charge is 0.338 e. The number of hydrogen-bond donors (Lipinski definition) is 1. The van der Waals surface area contributed by atoms with Crippen LogP contribution in [0.15, 0.2) is 30.3 Å². The average Bonchev–Trinajstić information content (AvgIpc) is 3.31. The minimum atomic E-state index is -0.447. The molecule has 0 saturated carbocycles. The molecule has 7 heteroatoms. The summed E-state index contributed by atoms with van der Waals surface area (Å²) in [6, 6.07) is 8.80. The fourth-order valence-electron chi connectivity index (χ4n) is 4.21. The third kappa shape index (κ3) is 3.98. The van der Waals surface area contributed by atoms with Gasteiger partial charge in [-0.1, -0.05) is 30.3 Å². The molecular formula is C20H28N4O3. The summed E-state index contributed by atoms with van der Waals surface area (Å²) in [4.78, 5) is 42.7. The molecule has 1 unspecified atom stereocenters. The molecule has 1 aromatic carbocycles. The van der Waals surface area contributed by atoms with Gasteiger partial charge in [0.25, 0.3) is 0 Å². The molecule has 0 aliphatic carbocycles. The lowest BCUT2D eigenvalue weighted by Crippen LogP contribution is -2.53. The Balaban J connectivity index is 1.79. The molecule has 3 rings (SSSR count). The molecule has 7 nitrogen and oxygen atoms in total. The van der Waals surface area contributed by atoms with Gasteiger partial charge in [0.2, 0.25) is 18.2 Å². The van der Waals surface area contributed by atoms with Gasteiger partial charge in [-0.2, -0.15) is 0 Å². The van der Waals surface area contributed by atoms with Crippen LogP contribution >= 0.6 is 0 Å². The molecule has 0 spiro atoms. The summed E-state index contributed by atoms with van der Waals surface area (Å²) in [5.74, 6) is -0.0931. The molecule has 2 aliphatic heterocycles. The highest BCUT2D eigenvalue weighted by molar-refractivity contribution is 5.91. The summed E-state index contributed by atoms with van der Waals surface area (Å²) in [6.07, 6.45) is 3.50. The monoisotopic (exact) mass is 372 g/mol. The highest BCUT2D eigenvalue weighted by atomic mass is 16.2. The number of benzene rings is 1. The Kier molecular flexibility index (Phi) is 6.11. The quantitative estimate of drug-likeness (QED) is 0.756. The highest BCUT2D eigenvalue weighted by Crippen LogP contribution is 2.28. The lowest BCUT2D eigenvalue weighted by atomic mass is 10.0. The molecule has 2 aliphatic rings. The number of nitrogens with zero attached hydrogens (tertiary/aromatic N) is 3. The molecule has 146 valence electrons. The molecule has 1 N–H and O–H groups in total. The first kappa shape index (κ1) is 19.4. The van der Waals surface area contributed by atoms with E-state index < -0.39 is 12.1 Å². The second kappa shape index (κ2) is 8.52. The third-order valence-electron chi connectivity index (χ3n) is 5.48. The van der Waals surface area contributed by atoms with E-state index in [4.69, 9.17) is 0 Å². The number of likely N-dealkylation sites (tertiary alicyclic amines) is 2. The van der Waals surface area contributed by atoms with E-state index in [0.717, 1.165) is 24.8 Å². The van der Waals surface area contributed by atoms with Crippen LogP contribution in [-0.4, -0.2) is 72.3 Å². The number of likely N-dealkylation sites (N-methyl/N-ethyl adjacent to an activating group) is 1. The molecule has 0 aromatic heterocycles. The number of carbonyl (C=O) groups excluding carboxylic acids is 3.